The number of hydrogen-bond donors (Lipinski definition) is 2. The fourth-order valence-electron chi connectivity index (χ4n) is 2.32. The van der Waals surface area contributed by atoms with Crippen LogP contribution in [0.25, 0.3) is 0 Å². The first-order valence-corrected chi connectivity index (χ1v) is 11.2. The minimum absolute atomic E-state index is 0.120. The molecule has 2 N–H and O–H groups in total. The van der Waals surface area contributed by atoms with Crippen molar-refractivity contribution in [2.75, 3.05) is 5.32 Å². The van der Waals surface area contributed by atoms with E-state index in [1.807, 2.05) is 0 Å². The van der Waals surface area contributed by atoms with Gasteiger partial charge in [-0.05, 0) is 57.9 Å². The first-order chi connectivity index (χ1) is 12.8. The molecule has 140 valence electrons. The molecule has 1 unspecified atom stereocenters. The van der Waals surface area contributed by atoms with E-state index in [-0.39, 0.29) is 4.21 Å². The summed E-state index contributed by atoms with van der Waals surface area (Å²) in [6.07, 6.45) is 0. The number of carbonyl (C=O) groups is 1. The monoisotopic (exact) mass is 484 g/mol. The third-order valence-corrected chi connectivity index (χ3v) is 7.38. The van der Waals surface area contributed by atoms with Crippen molar-refractivity contribution < 1.29 is 13.2 Å². The Bertz CT molecular complexity index is 1040. The molecule has 1 amide bonds. The van der Waals surface area contributed by atoms with Gasteiger partial charge in [0.05, 0.1) is 3.79 Å². The Kier molecular flexibility index (Phi) is 6.33. The Morgan fingerprint density at radius 3 is 2.26 bits per heavy atom. The van der Waals surface area contributed by atoms with Gasteiger partial charge in [0.15, 0.2) is 0 Å². The van der Waals surface area contributed by atoms with Gasteiger partial charge in [-0.15, -0.1) is 11.3 Å². The number of benzene rings is 2. The Morgan fingerprint density at radius 2 is 1.67 bits per heavy atom. The van der Waals surface area contributed by atoms with E-state index < -0.39 is 22.0 Å². The first-order valence-electron chi connectivity index (χ1n) is 7.74. The molecule has 2 aromatic carbocycles. The van der Waals surface area contributed by atoms with Crippen LogP contribution in [-0.2, 0) is 14.8 Å². The van der Waals surface area contributed by atoms with Crippen molar-refractivity contribution in [1.29, 1.82) is 0 Å². The Labute approximate surface area is 174 Å². The molecule has 1 heterocycles. The van der Waals surface area contributed by atoms with Gasteiger partial charge in [0.25, 0.3) is 10.0 Å². The topological polar surface area (TPSA) is 75.3 Å². The SMILES string of the molecule is O=C(Nc1ccc(Cl)cc1)C(NS(=O)(=O)c1ccc(Br)s1)c1ccccc1. The van der Waals surface area contributed by atoms with Crippen LogP contribution in [0.2, 0.25) is 5.02 Å². The number of hydrogen-bond acceptors (Lipinski definition) is 4. The Hall–Kier alpha value is -1.71. The molecule has 0 saturated heterocycles. The van der Waals surface area contributed by atoms with Crippen LogP contribution in [0.4, 0.5) is 5.69 Å². The van der Waals surface area contributed by atoms with E-state index in [0.717, 1.165) is 11.3 Å². The summed E-state index contributed by atoms with van der Waals surface area (Å²) in [6.45, 7) is 0. The zero-order valence-electron chi connectivity index (χ0n) is 13.7. The van der Waals surface area contributed by atoms with Crippen LogP contribution in [0.3, 0.4) is 0 Å². The van der Waals surface area contributed by atoms with Crippen LogP contribution in [0, 0.1) is 0 Å². The molecule has 0 fully saturated rings. The number of carbonyl (C=O) groups excluding carboxylic acids is 1. The summed E-state index contributed by atoms with van der Waals surface area (Å²) in [7, 11) is -3.87. The smallest absolute Gasteiger partial charge is 0.251 e. The molecule has 9 heteroatoms. The molecule has 0 bridgehead atoms. The fraction of sp³-hybridized carbons (Fsp3) is 0.0556. The Balaban J connectivity index is 1.89. The zero-order chi connectivity index (χ0) is 19.4. The van der Waals surface area contributed by atoms with Gasteiger partial charge < -0.3 is 5.32 Å². The molecule has 0 spiro atoms. The van der Waals surface area contributed by atoms with Crippen LogP contribution < -0.4 is 10.0 Å². The first kappa shape index (κ1) is 20.0. The molecule has 0 radical (unpaired) electrons. The predicted molar refractivity (Wildman–Crippen MR) is 112 cm³/mol. The normalized spacial score (nSPS) is 12.5. The van der Waals surface area contributed by atoms with Crippen LogP contribution >= 0.6 is 38.9 Å². The van der Waals surface area contributed by atoms with Gasteiger partial charge in [0, 0.05) is 10.7 Å². The van der Waals surface area contributed by atoms with Gasteiger partial charge in [0.1, 0.15) is 10.3 Å². The summed E-state index contributed by atoms with van der Waals surface area (Å²) in [5.41, 5.74) is 1.05. The molecule has 0 aliphatic rings. The summed E-state index contributed by atoms with van der Waals surface area (Å²) >= 11 is 10.2. The summed E-state index contributed by atoms with van der Waals surface area (Å²) in [5.74, 6) is -0.497. The number of rotatable bonds is 6. The number of anilines is 1. The highest BCUT2D eigenvalue weighted by molar-refractivity contribution is 9.11. The summed E-state index contributed by atoms with van der Waals surface area (Å²) in [5, 5.41) is 3.26. The van der Waals surface area contributed by atoms with Crippen molar-refractivity contribution in [1.82, 2.24) is 4.72 Å². The maximum absolute atomic E-state index is 12.8. The third kappa shape index (κ3) is 5.18. The lowest BCUT2D eigenvalue weighted by molar-refractivity contribution is -0.117. The molecular formula is C18H14BrClN2O3S2. The second kappa shape index (κ2) is 8.53. The largest absolute Gasteiger partial charge is 0.324 e. The lowest BCUT2D eigenvalue weighted by atomic mass is 10.1. The molecule has 0 saturated carbocycles. The molecule has 27 heavy (non-hydrogen) atoms. The van der Waals surface area contributed by atoms with Crippen molar-refractivity contribution in [3.8, 4) is 0 Å². The van der Waals surface area contributed by atoms with Gasteiger partial charge in [-0.25, -0.2) is 8.42 Å². The van der Waals surface area contributed by atoms with Crippen molar-refractivity contribution in [3.05, 3.63) is 81.1 Å². The van der Waals surface area contributed by atoms with E-state index in [0.29, 0.717) is 20.1 Å². The highest BCUT2D eigenvalue weighted by Gasteiger charge is 2.28. The van der Waals surface area contributed by atoms with Crippen LogP contribution in [0.15, 0.2) is 74.7 Å². The zero-order valence-corrected chi connectivity index (χ0v) is 17.7. The van der Waals surface area contributed by atoms with Crippen molar-refractivity contribution in [2.45, 2.75) is 10.3 Å². The number of halogens is 2. The van der Waals surface area contributed by atoms with Crippen LogP contribution in [-0.4, -0.2) is 14.3 Å². The number of amides is 1. The summed E-state index contributed by atoms with van der Waals surface area (Å²) in [4.78, 5) is 12.8. The van der Waals surface area contributed by atoms with Gasteiger partial charge in [-0.1, -0.05) is 41.9 Å². The molecule has 5 nitrogen and oxygen atoms in total. The molecule has 1 atom stereocenters. The molecule has 3 rings (SSSR count). The van der Waals surface area contributed by atoms with Gasteiger partial charge in [-0.3, -0.25) is 4.79 Å². The number of nitrogens with one attached hydrogen (secondary N) is 2. The Morgan fingerprint density at radius 1 is 1.00 bits per heavy atom. The third-order valence-electron chi connectivity index (χ3n) is 3.59. The minimum Gasteiger partial charge on any atom is -0.324 e. The average Bonchev–Trinajstić information content (AvgIpc) is 3.10. The van der Waals surface area contributed by atoms with E-state index in [1.165, 1.54) is 6.07 Å². The van der Waals surface area contributed by atoms with E-state index in [4.69, 9.17) is 11.6 Å². The van der Waals surface area contributed by atoms with E-state index >= 15 is 0 Å². The highest BCUT2D eigenvalue weighted by Crippen LogP contribution is 2.28. The van der Waals surface area contributed by atoms with Crippen LogP contribution in [0.1, 0.15) is 11.6 Å². The lowest BCUT2D eigenvalue weighted by Gasteiger charge is -2.18. The standard InChI is InChI=1S/C18H14BrClN2O3S2/c19-15-10-11-16(26-15)27(24,25)22-17(12-4-2-1-3-5-12)18(23)21-14-8-6-13(20)7-9-14/h1-11,17,22H,(H,21,23). The molecule has 0 aliphatic heterocycles. The second-order valence-electron chi connectivity index (χ2n) is 5.52. The van der Waals surface area contributed by atoms with Crippen molar-refractivity contribution in [3.63, 3.8) is 0 Å². The minimum atomic E-state index is -3.87. The lowest BCUT2D eigenvalue weighted by Crippen LogP contribution is -2.36. The van der Waals surface area contributed by atoms with Crippen molar-refractivity contribution in [2.24, 2.45) is 0 Å². The fourth-order valence-corrected chi connectivity index (χ4v) is 5.66. The molecule has 3 aromatic rings. The van der Waals surface area contributed by atoms with E-state index in [9.17, 15) is 13.2 Å². The highest BCUT2D eigenvalue weighted by atomic mass is 79.9. The van der Waals surface area contributed by atoms with Crippen molar-refractivity contribution >= 4 is 60.5 Å². The average molecular weight is 486 g/mol. The quantitative estimate of drug-likeness (QED) is 0.525. The molecule has 0 aliphatic carbocycles. The number of sulfonamides is 1. The van der Waals surface area contributed by atoms with Gasteiger partial charge in [-0.2, -0.15) is 4.72 Å². The maximum Gasteiger partial charge on any atom is 0.251 e. The van der Waals surface area contributed by atoms with Gasteiger partial charge in [0.2, 0.25) is 5.91 Å². The maximum atomic E-state index is 12.8. The van der Waals surface area contributed by atoms with E-state index in [1.54, 1.807) is 60.7 Å². The van der Waals surface area contributed by atoms with Gasteiger partial charge >= 0.3 is 0 Å². The number of thiophene rings is 1. The second-order valence-corrected chi connectivity index (χ2v) is 10.4. The van der Waals surface area contributed by atoms with E-state index in [2.05, 4.69) is 26.0 Å². The molecule has 1 aromatic heterocycles. The summed E-state index contributed by atoms with van der Waals surface area (Å²) in [6, 6.07) is 17.3. The van der Waals surface area contributed by atoms with Crippen LogP contribution in [0.5, 0.6) is 0 Å². The predicted octanol–water partition coefficient (Wildman–Crippen LogP) is 4.82. The molecular weight excluding hydrogens is 472 g/mol. The summed E-state index contributed by atoms with van der Waals surface area (Å²) < 4.78 is 28.7.